The Morgan fingerprint density at radius 3 is 2.31 bits per heavy atom. The number of rotatable bonds is 11. The predicted molar refractivity (Wildman–Crippen MR) is 151 cm³/mol. The molecule has 0 bridgehead atoms. The van der Waals surface area contributed by atoms with Gasteiger partial charge in [-0.1, -0.05) is 37.6 Å². The molecule has 0 amide bonds. The monoisotopic (exact) mass is 632 g/mol. The first-order valence-corrected chi connectivity index (χ1v) is 14.7. The van der Waals surface area contributed by atoms with Gasteiger partial charge in [0, 0.05) is 18.3 Å². The molecule has 11 heteroatoms. The van der Waals surface area contributed by atoms with Gasteiger partial charge in [0.2, 0.25) is 6.79 Å². The van der Waals surface area contributed by atoms with Gasteiger partial charge in [0.15, 0.2) is 11.5 Å². The van der Waals surface area contributed by atoms with Gasteiger partial charge in [0.25, 0.3) is 0 Å². The van der Waals surface area contributed by atoms with Crippen molar-refractivity contribution in [3.63, 3.8) is 0 Å². The van der Waals surface area contributed by atoms with Crippen molar-refractivity contribution in [3.05, 3.63) is 82.9 Å². The molecule has 9 nitrogen and oxygen atoms in total. The van der Waals surface area contributed by atoms with Crippen LogP contribution in [-0.2, 0) is 26.2 Å². The van der Waals surface area contributed by atoms with E-state index in [2.05, 4.69) is 0 Å². The number of carboxylic acid groups (broad SMARTS) is 2. The summed E-state index contributed by atoms with van der Waals surface area (Å²) in [6.07, 6.45) is 2.56. The molecule has 0 aromatic heterocycles. The van der Waals surface area contributed by atoms with E-state index in [1.807, 2.05) is 43.3 Å². The second-order valence-electron chi connectivity index (χ2n) is 11.4. The van der Waals surface area contributed by atoms with Gasteiger partial charge in [0.05, 0.1) is 31.7 Å². The fourth-order valence-corrected chi connectivity index (χ4v) is 7.16. The zero-order chi connectivity index (χ0) is 30.2. The number of carbonyl (C=O) groups excluding carboxylic acids is 2. The number of hydrogen-bond donors (Lipinski definition) is 0. The molecule has 1 aliphatic heterocycles. The molecule has 1 heterocycles. The Hall–Kier alpha value is -2.24. The molecule has 3 aromatic carbocycles. The van der Waals surface area contributed by atoms with Gasteiger partial charge in [-0.2, -0.15) is 0 Å². The minimum atomic E-state index is -1.96. The molecule has 3 aliphatic rings. The minimum absolute atomic E-state index is 0. The summed E-state index contributed by atoms with van der Waals surface area (Å²) in [5.41, 5.74) is -0.690. The molecule has 0 spiro atoms. The molecule has 4 atom stereocenters. The average molecular weight is 633 g/mol. The summed E-state index contributed by atoms with van der Waals surface area (Å²) < 4.78 is 29.3. The van der Waals surface area contributed by atoms with E-state index in [-0.39, 0.29) is 78.9 Å². The van der Waals surface area contributed by atoms with Crippen molar-refractivity contribution in [3.8, 4) is 23.0 Å². The minimum Gasteiger partial charge on any atom is -0.550 e. The Labute approximate surface area is 307 Å². The van der Waals surface area contributed by atoms with E-state index < -0.39 is 34.8 Å². The van der Waals surface area contributed by atoms with Crippen molar-refractivity contribution in [2.24, 2.45) is 11.8 Å². The third-order valence-corrected chi connectivity index (χ3v) is 9.16. The summed E-state index contributed by atoms with van der Waals surface area (Å²) in [6.45, 7) is 2.50. The Bertz CT molecular complexity index is 1530. The van der Waals surface area contributed by atoms with E-state index >= 15 is 0 Å². The third-order valence-electron chi connectivity index (χ3n) is 9.16. The van der Waals surface area contributed by atoms with Crippen LogP contribution in [0.4, 0.5) is 0 Å². The van der Waals surface area contributed by atoms with E-state index in [0.717, 1.165) is 12.0 Å². The number of hydrogen-bond acceptors (Lipinski definition) is 9. The third kappa shape index (κ3) is 6.13. The van der Waals surface area contributed by atoms with Gasteiger partial charge >= 0.3 is 59.1 Å². The van der Waals surface area contributed by atoms with Crippen LogP contribution >= 0.6 is 0 Å². The molecular weight excluding hydrogens is 598 g/mol. The summed E-state index contributed by atoms with van der Waals surface area (Å²) in [4.78, 5) is 25.6. The summed E-state index contributed by atoms with van der Waals surface area (Å²) in [6, 6.07) is 18.2. The zero-order valence-electron chi connectivity index (χ0n) is 26.3. The van der Waals surface area contributed by atoms with Crippen molar-refractivity contribution in [2.75, 3.05) is 27.1 Å². The first kappa shape index (κ1) is 35.6. The normalized spacial score (nSPS) is 24.2. The molecule has 0 N–H and O–H groups in total. The maximum atomic E-state index is 13.7. The molecule has 0 saturated heterocycles. The zero-order valence-corrected chi connectivity index (χ0v) is 30.3. The van der Waals surface area contributed by atoms with Crippen LogP contribution in [0.3, 0.4) is 0 Å². The van der Waals surface area contributed by atoms with Crippen molar-refractivity contribution in [2.45, 2.75) is 50.0 Å². The van der Waals surface area contributed by atoms with E-state index in [1.165, 1.54) is 0 Å². The maximum Gasteiger partial charge on any atom is 1.00 e. The van der Waals surface area contributed by atoms with Crippen LogP contribution in [0.25, 0.3) is 0 Å². The number of ether oxygens (including phenoxy) is 5. The first-order chi connectivity index (χ1) is 20.8. The van der Waals surface area contributed by atoms with E-state index in [1.54, 1.807) is 31.4 Å². The van der Waals surface area contributed by atoms with Crippen LogP contribution in [0.15, 0.2) is 60.7 Å². The van der Waals surface area contributed by atoms with Gasteiger partial charge in [-0.05, 0) is 83.8 Å². The number of aliphatic carboxylic acids is 2. The van der Waals surface area contributed by atoms with Crippen LogP contribution in [0, 0.1) is 11.8 Å². The molecule has 3 aromatic rings. The second kappa shape index (κ2) is 14.7. The van der Waals surface area contributed by atoms with Crippen molar-refractivity contribution in [1.82, 2.24) is 0 Å². The molecular formula is C34H34Na2O9. The summed E-state index contributed by atoms with van der Waals surface area (Å²) >= 11 is 0. The topological polar surface area (TPSA) is 126 Å². The van der Waals surface area contributed by atoms with E-state index in [9.17, 15) is 19.8 Å². The standard InChI is InChI=1S/C34H36O9.2Na/c1-3-15-40-26-12-13-28-22(16-26)18-33(32(37)38,43-19-21-5-4-6-27(21)31(35)36)34(28,23-7-10-25(39-2)11-8-23)24-9-14-29-30(17-24)42-20-41-29;;/h7-14,16-17,21,27H,3-6,15,18-20H2,1-2H3,(H,35,36)(H,37,38);;/q;2*+1/p-2. The molecule has 226 valence electrons. The fraction of sp³-hybridized carbons (Fsp3) is 0.412. The smallest absolute Gasteiger partial charge is 0.550 e. The van der Waals surface area contributed by atoms with Gasteiger partial charge in [0.1, 0.15) is 17.1 Å². The molecule has 1 fully saturated rings. The van der Waals surface area contributed by atoms with E-state index in [4.69, 9.17) is 23.7 Å². The molecule has 2 aliphatic carbocycles. The molecule has 6 rings (SSSR count). The van der Waals surface area contributed by atoms with Crippen LogP contribution in [0.2, 0.25) is 0 Å². The fourth-order valence-electron chi connectivity index (χ4n) is 7.16. The molecule has 0 radical (unpaired) electrons. The van der Waals surface area contributed by atoms with E-state index in [0.29, 0.717) is 65.6 Å². The van der Waals surface area contributed by atoms with Gasteiger partial charge in [-0.15, -0.1) is 0 Å². The number of benzene rings is 3. The van der Waals surface area contributed by atoms with Gasteiger partial charge < -0.3 is 43.5 Å². The Morgan fingerprint density at radius 1 is 0.911 bits per heavy atom. The second-order valence-corrected chi connectivity index (χ2v) is 11.4. The van der Waals surface area contributed by atoms with Crippen LogP contribution in [0.1, 0.15) is 54.9 Å². The SMILES string of the molecule is CCCOc1ccc2c(c1)CC(OCC1CCCC1C(=O)[O-])(C(=O)[O-])C2(c1ccc(OC)cc1)c1ccc2c(c1)OCO2.[Na+].[Na+]. The molecule has 1 saturated carbocycles. The number of carboxylic acids is 2. The quantitative estimate of drug-likeness (QED) is 0.201. The predicted octanol–water partition coefficient (Wildman–Crippen LogP) is -3.22. The van der Waals surface area contributed by atoms with Crippen molar-refractivity contribution in [1.29, 1.82) is 0 Å². The van der Waals surface area contributed by atoms with Gasteiger partial charge in [-0.25, -0.2) is 0 Å². The van der Waals surface area contributed by atoms with Crippen LogP contribution in [-0.4, -0.2) is 44.7 Å². The largest absolute Gasteiger partial charge is 1.00 e. The average Bonchev–Trinajstić information content (AvgIpc) is 3.75. The Morgan fingerprint density at radius 2 is 1.62 bits per heavy atom. The number of methoxy groups -OCH3 is 1. The summed E-state index contributed by atoms with van der Waals surface area (Å²) in [7, 11) is 1.56. The first-order valence-electron chi connectivity index (χ1n) is 14.7. The van der Waals surface area contributed by atoms with Crippen LogP contribution in [0.5, 0.6) is 23.0 Å². The number of fused-ring (bicyclic) bond motifs is 2. The summed E-state index contributed by atoms with van der Waals surface area (Å²) in [5.74, 6) is -1.38. The van der Waals surface area contributed by atoms with Gasteiger partial charge in [-0.3, -0.25) is 0 Å². The maximum absolute atomic E-state index is 13.7. The summed E-state index contributed by atoms with van der Waals surface area (Å²) in [5, 5.41) is 25.6. The Kier molecular flexibility index (Phi) is 11.6. The molecule has 45 heavy (non-hydrogen) atoms. The van der Waals surface area contributed by atoms with Crippen molar-refractivity contribution >= 4 is 11.9 Å². The Balaban J connectivity index is 0.00000230. The van der Waals surface area contributed by atoms with Crippen molar-refractivity contribution < 1.29 is 103 Å². The molecule has 4 unspecified atom stereocenters. The van der Waals surface area contributed by atoms with Crippen LogP contribution < -0.4 is 88.3 Å². The number of carbonyl (C=O) groups is 2.